The molecule has 1 N–H and O–H groups in total. The molecule has 1 saturated carbocycles. The Bertz CT molecular complexity index is 401. The number of nitrogens with one attached hydrogen (secondary N) is 1. The number of hydrogen-bond donors (Lipinski definition) is 1. The van der Waals surface area contributed by atoms with Crippen LogP contribution < -0.4 is 5.32 Å². The van der Waals surface area contributed by atoms with Gasteiger partial charge < -0.3 is 5.32 Å². The third-order valence-corrected chi connectivity index (χ3v) is 4.61. The summed E-state index contributed by atoms with van der Waals surface area (Å²) in [6.45, 7) is 0.975. The van der Waals surface area contributed by atoms with E-state index in [1.54, 1.807) is 12.3 Å². The van der Waals surface area contributed by atoms with Crippen molar-refractivity contribution in [3.05, 3.63) is 24.0 Å². The van der Waals surface area contributed by atoms with Gasteiger partial charge in [0.15, 0.2) is 0 Å². The monoisotopic (exact) mass is 233 g/mol. The van der Waals surface area contributed by atoms with E-state index < -0.39 is 0 Å². The summed E-state index contributed by atoms with van der Waals surface area (Å²) in [5.74, 6) is 0. The van der Waals surface area contributed by atoms with E-state index in [1.807, 2.05) is 17.8 Å². The molecule has 84 valence electrons. The summed E-state index contributed by atoms with van der Waals surface area (Å²) in [7, 11) is 0. The third-order valence-electron chi connectivity index (χ3n) is 3.19. The molecule has 0 radical (unpaired) electrons. The molecule has 0 spiro atoms. The Morgan fingerprint density at radius 1 is 1.62 bits per heavy atom. The number of aromatic nitrogens is 1. The molecule has 1 aromatic rings. The number of anilines is 1. The van der Waals surface area contributed by atoms with Crippen molar-refractivity contribution in [3.63, 3.8) is 0 Å². The van der Waals surface area contributed by atoms with Crippen LogP contribution in [-0.4, -0.2) is 22.5 Å². The van der Waals surface area contributed by atoms with Gasteiger partial charge in [-0.3, -0.25) is 0 Å². The zero-order valence-electron chi connectivity index (χ0n) is 9.36. The van der Waals surface area contributed by atoms with E-state index in [0.717, 1.165) is 12.2 Å². The fraction of sp³-hybridized carbons (Fsp3) is 0.500. The Hall–Kier alpha value is -1.21. The maximum absolute atomic E-state index is 8.75. The molecule has 0 saturated heterocycles. The van der Waals surface area contributed by atoms with E-state index in [1.165, 1.54) is 19.3 Å². The molecule has 2 rings (SSSR count). The maximum atomic E-state index is 8.75. The highest BCUT2D eigenvalue weighted by Gasteiger charge is 2.35. The van der Waals surface area contributed by atoms with Crippen molar-refractivity contribution >= 4 is 17.4 Å². The first-order valence-electron chi connectivity index (χ1n) is 5.43. The molecule has 1 heterocycles. The molecular weight excluding hydrogens is 218 g/mol. The van der Waals surface area contributed by atoms with Crippen LogP contribution in [0.15, 0.2) is 18.3 Å². The second kappa shape index (κ2) is 4.75. The highest BCUT2D eigenvalue weighted by Crippen LogP contribution is 2.42. The van der Waals surface area contributed by atoms with E-state index in [4.69, 9.17) is 5.26 Å². The topological polar surface area (TPSA) is 48.7 Å². The number of hydrogen-bond acceptors (Lipinski definition) is 4. The van der Waals surface area contributed by atoms with Gasteiger partial charge in [-0.05, 0) is 31.2 Å². The van der Waals surface area contributed by atoms with Crippen LogP contribution in [0.3, 0.4) is 0 Å². The molecule has 1 aromatic heterocycles. The van der Waals surface area contributed by atoms with Gasteiger partial charge in [-0.1, -0.05) is 6.42 Å². The highest BCUT2D eigenvalue weighted by atomic mass is 32.2. The van der Waals surface area contributed by atoms with Gasteiger partial charge in [0.1, 0.15) is 11.8 Å². The third kappa shape index (κ3) is 2.30. The lowest BCUT2D eigenvalue weighted by Crippen LogP contribution is -2.40. The average molecular weight is 233 g/mol. The van der Waals surface area contributed by atoms with Crippen molar-refractivity contribution in [2.75, 3.05) is 18.1 Å². The normalized spacial score (nSPS) is 17.2. The Labute approximate surface area is 100 Å². The summed E-state index contributed by atoms with van der Waals surface area (Å²) in [6.07, 6.45) is 7.76. The second-order valence-electron chi connectivity index (χ2n) is 4.14. The highest BCUT2D eigenvalue weighted by molar-refractivity contribution is 8.00. The van der Waals surface area contributed by atoms with Crippen LogP contribution in [0.25, 0.3) is 0 Å². The summed E-state index contributed by atoms with van der Waals surface area (Å²) in [5, 5.41) is 12.2. The van der Waals surface area contributed by atoms with E-state index in [0.29, 0.717) is 10.4 Å². The van der Waals surface area contributed by atoms with Gasteiger partial charge >= 0.3 is 0 Å². The van der Waals surface area contributed by atoms with Gasteiger partial charge in [0.2, 0.25) is 0 Å². The smallest absolute Gasteiger partial charge is 0.142 e. The molecule has 0 atom stereocenters. The first-order valence-corrected chi connectivity index (χ1v) is 6.66. The summed E-state index contributed by atoms with van der Waals surface area (Å²) in [4.78, 5) is 3.95. The Morgan fingerprint density at radius 2 is 2.44 bits per heavy atom. The fourth-order valence-electron chi connectivity index (χ4n) is 1.89. The van der Waals surface area contributed by atoms with Gasteiger partial charge in [0.05, 0.1) is 0 Å². The summed E-state index contributed by atoms with van der Waals surface area (Å²) < 4.78 is 0.413. The van der Waals surface area contributed by atoms with Crippen LogP contribution in [0.4, 0.5) is 5.69 Å². The predicted octanol–water partition coefficient (Wildman–Crippen LogP) is 2.65. The first-order chi connectivity index (χ1) is 7.78. The largest absolute Gasteiger partial charge is 0.384 e. The Kier molecular flexibility index (Phi) is 3.35. The lowest BCUT2D eigenvalue weighted by Gasteiger charge is -2.40. The van der Waals surface area contributed by atoms with Gasteiger partial charge in [0, 0.05) is 23.2 Å². The Morgan fingerprint density at radius 3 is 3.00 bits per heavy atom. The lowest BCUT2D eigenvalue weighted by molar-refractivity contribution is 0.380. The lowest BCUT2D eigenvalue weighted by atomic mass is 9.84. The SMILES string of the molecule is CSC1(CNc2ccnc(C#N)c2)CCC1. The quantitative estimate of drug-likeness (QED) is 0.868. The van der Waals surface area contributed by atoms with Crippen molar-refractivity contribution < 1.29 is 0 Å². The molecule has 0 aromatic carbocycles. The van der Waals surface area contributed by atoms with E-state index in [-0.39, 0.29) is 0 Å². The van der Waals surface area contributed by atoms with Crippen molar-refractivity contribution in [1.29, 1.82) is 5.26 Å². The van der Waals surface area contributed by atoms with Gasteiger partial charge in [-0.15, -0.1) is 0 Å². The molecule has 4 heteroatoms. The fourth-order valence-corrected chi connectivity index (χ4v) is 2.80. The molecule has 0 bridgehead atoms. The number of nitriles is 1. The summed E-state index contributed by atoms with van der Waals surface area (Å²) in [5.41, 5.74) is 1.46. The minimum Gasteiger partial charge on any atom is -0.384 e. The van der Waals surface area contributed by atoms with Crippen LogP contribution in [0, 0.1) is 11.3 Å². The first kappa shape index (κ1) is 11.3. The number of rotatable bonds is 4. The molecule has 3 nitrogen and oxygen atoms in total. The van der Waals surface area contributed by atoms with Gasteiger partial charge in [-0.25, -0.2) is 4.98 Å². The summed E-state index contributed by atoms with van der Waals surface area (Å²) >= 11 is 1.95. The molecule has 0 unspecified atom stereocenters. The minimum absolute atomic E-state index is 0.413. The number of nitrogens with zero attached hydrogens (tertiary/aromatic N) is 2. The molecule has 1 fully saturated rings. The predicted molar refractivity (Wildman–Crippen MR) is 67.5 cm³/mol. The zero-order chi connectivity index (χ0) is 11.4. The van der Waals surface area contributed by atoms with Crippen molar-refractivity contribution in [2.45, 2.75) is 24.0 Å². The van der Waals surface area contributed by atoms with E-state index >= 15 is 0 Å². The standard InChI is InChI=1S/C12H15N3S/c1-16-12(4-2-5-12)9-15-10-3-6-14-11(7-10)8-13/h3,6-7H,2,4-5,9H2,1H3,(H,14,15). The molecule has 1 aliphatic carbocycles. The van der Waals surface area contributed by atoms with Crippen molar-refractivity contribution in [2.24, 2.45) is 0 Å². The maximum Gasteiger partial charge on any atom is 0.142 e. The molecular formula is C12H15N3S. The molecule has 0 aliphatic heterocycles. The van der Waals surface area contributed by atoms with Crippen LogP contribution in [0.5, 0.6) is 0 Å². The number of pyridine rings is 1. The minimum atomic E-state index is 0.413. The van der Waals surface area contributed by atoms with Crippen LogP contribution in [0.2, 0.25) is 0 Å². The summed E-state index contributed by atoms with van der Waals surface area (Å²) in [6, 6.07) is 5.76. The Balaban J connectivity index is 1.96. The average Bonchev–Trinajstić information content (AvgIpc) is 2.29. The van der Waals surface area contributed by atoms with Crippen molar-refractivity contribution in [3.8, 4) is 6.07 Å². The van der Waals surface area contributed by atoms with Gasteiger partial charge in [-0.2, -0.15) is 17.0 Å². The molecule has 16 heavy (non-hydrogen) atoms. The number of thioether (sulfide) groups is 1. The van der Waals surface area contributed by atoms with Gasteiger partial charge in [0.25, 0.3) is 0 Å². The van der Waals surface area contributed by atoms with E-state index in [2.05, 4.69) is 22.6 Å². The zero-order valence-corrected chi connectivity index (χ0v) is 10.2. The van der Waals surface area contributed by atoms with Crippen LogP contribution in [0.1, 0.15) is 25.0 Å². The van der Waals surface area contributed by atoms with Crippen LogP contribution in [-0.2, 0) is 0 Å². The van der Waals surface area contributed by atoms with E-state index in [9.17, 15) is 0 Å². The molecule has 1 aliphatic rings. The molecule has 0 amide bonds. The van der Waals surface area contributed by atoms with Crippen LogP contribution >= 0.6 is 11.8 Å². The van der Waals surface area contributed by atoms with Crippen molar-refractivity contribution in [1.82, 2.24) is 4.98 Å². The second-order valence-corrected chi connectivity index (χ2v) is 5.41.